The van der Waals surface area contributed by atoms with Gasteiger partial charge in [0.05, 0.1) is 5.56 Å². The highest BCUT2D eigenvalue weighted by Gasteiger charge is 2.21. The van der Waals surface area contributed by atoms with Gasteiger partial charge in [-0.1, -0.05) is 38.1 Å². The van der Waals surface area contributed by atoms with Crippen molar-refractivity contribution in [3.63, 3.8) is 0 Å². The third-order valence-electron chi connectivity index (χ3n) is 5.81. The molecule has 2 heterocycles. The third-order valence-corrected chi connectivity index (χ3v) is 5.81. The van der Waals surface area contributed by atoms with Gasteiger partial charge in [0.15, 0.2) is 5.78 Å². The number of carbonyl (C=O) groups excluding carboxylic acids is 2. The molecular weight excluding hydrogens is 376 g/mol. The highest BCUT2D eigenvalue weighted by atomic mass is 16.3. The maximum absolute atomic E-state index is 12.2. The van der Waals surface area contributed by atoms with E-state index < -0.39 is 0 Å². The van der Waals surface area contributed by atoms with Gasteiger partial charge in [-0.3, -0.25) is 14.5 Å². The number of aryl methyl sites for hydroxylation is 2. The Kier molecular flexibility index (Phi) is 7.48. The van der Waals surface area contributed by atoms with Gasteiger partial charge in [-0.15, -0.1) is 0 Å². The predicted octanol–water partition coefficient (Wildman–Crippen LogP) is 4.52. The lowest BCUT2D eigenvalue weighted by molar-refractivity contribution is -0.121. The van der Waals surface area contributed by atoms with Crippen LogP contribution in [0.15, 0.2) is 34.7 Å². The maximum atomic E-state index is 12.2. The summed E-state index contributed by atoms with van der Waals surface area (Å²) in [4.78, 5) is 26.2. The smallest absolute Gasteiger partial charge is 0.220 e. The molecule has 1 aromatic heterocycles. The number of amides is 1. The first-order chi connectivity index (χ1) is 14.3. The summed E-state index contributed by atoms with van der Waals surface area (Å²) < 4.78 is 5.57. The molecule has 0 aliphatic carbocycles. The first-order valence-corrected chi connectivity index (χ1v) is 11.0. The number of ketones is 1. The van der Waals surface area contributed by atoms with Crippen molar-refractivity contribution in [2.75, 3.05) is 13.1 Å². The molecule has 162 valence electrons. The van der Waals surface area contributed by atoms with Crippen molar-refractivity contribution in [3.8, 4) is 0 Å². The van der Waals surface area contributed by atoms with Crippen molar-refractivity contribution in [2.45, 2.75) is 60.0 Å². The van der Waals surface area contributed by atoms with Crippen LogP contribution in [0.25, 0.3) is 0 Å². The number of Topliss-reactive ketones (excluding diaryl/α,β-unsaturated/α-hetero) is 1. The van der Waals surface area contributed by atoms with Gasteiger partial charge in [0, 0.05) is 39.0 Å². The molecule has 0 bridgehead atoms. The zero-order chi connectivity index (χ0) is 21.7. The Hall–Kier alpha value is -2.40. The van der Waals surface area contributed by atoms with E-state index >= 15 is 0 Å². The first kappa shape index (κ1) is 22.3. The Bertz CT molecular complexity index is 859. The summed E-state index contributed by atoms with van der Waals surface area (Å²) in [5.41, 5.74) is 3.01. The number of nitrogens with zero attached hydrogens (tertiary/aromatic N) is 1. The molecule has 1 aliphatic heterocycles. The van der Waals surface area contributed by atoms with Gasteiger partial charge in [0.25, 0.3) is 0 Å². The summed E-state index contributed by atoms with van der Waals surface area (Å²) in [6.07, 6.45) is 2.16. The van der Waals surface area contributed by atoms with E-state index in [2.05, 4.69) is 48.3 Å². The molecule has 0 saturated carbocycles. The number of hydrogen-bond acceptors (Lipinski definition) is 4. The molecule has 1 saturated heterocycles. The molecule has 1 aliphatic rings. The summed E-state index contributed by atoms with van der Waals surface area (Å²) in [5.74, 6) is 2.79. The molecule has 5 heteroatoms. The maximum Gasteiger partial charge on any atom is 0.220 e. The Labute approximate surface area is 179 Å². The van der Waals surface area contributed by atoms with E-state index in [0.29, 0.717) is 36.5 Å². The normalized spacial score (nSPS) is 19.6. The molecule has 2 unspecified atom stereocenters. The van der Waals surface area contributed by atoms with Crippen LogP contribution in [0.2, 0.25) is 0 Å². The van der Waals surface area contributed by atoms with Gasteiger partial charge < -0.3 is 9.73 Å². The fourth-order valence-corrected chi connectivity index (χ4v) is 4.48. The number of hydrogen-bond donors (Lipinski definition) is 1. The Morgan fingerprint density at radius 3 is 2.33 bits per heavy atom. The van der Waals surface area contributed by atoms with Crippen LogP contribution in [0.5, 0.6) is 0 Å². The van der Waals surface area contributed by atoms with Crippen LogP contribution in [0, 0.1) is 18.8 Å². The van der Waals surface area contributed by atoms with Crippen LogP contribution in [-0.4, -0.2) is 29.7 Å². The van der Waals surface area contributed by atoms with Gasteiger partial charge in [0.1, 0.15) is 11.5 Å². The van der Waals surface area contributed by atoms with E-state index in [4.69, 9.17) is 4.42 Å². The minimum Gasteiger partial charge on any atom is -0.466 e. The SMILES string of the molecule is CC(=O)c1cc(CCC(=O)NCc2ccc(CN3CC(C)CC(C)C3)cc2)oc1C. The van der Waals surface area contributed by atoms with Crippen LogP contribution in [-0.2, 0) is 24.3 Å². The van der Waals surface area contributed by atoms with E-state index in [1.54, 1.807) is 13.0 Å². The van der Waals surface area contributed by atoms with Crippen molar-refractivity contribution in [1.29, 1.82) is 0 Å². The van der Waals surface area contributed by atoms with E-state index in [1.807, 2.05) is 0 Å². The fraction of sp³-hybridized carbons (Fsp3) is 0.520. The van der Waals surface area contributed by atoms with Gasteiger partial charge in [-0.2, -0.15) is 0 Å². The molecule has 30 heavy (non-hydrogen) atoms. The Balaban J connectivity index is 1.42. The van der Waals surface area contributed by atoms with Gasteiger partial charge in [0.2, 0.25) is 5.91 Å². The molecule has 2 atom stereocenters. The van der Waals surface area contributed by atoms with E-state index in [9.17, 15) is 9.59 Å². The van der Waals surface area contributed by atoms with Crippen molar-refractivity contribution in [1.82, 2.24) is 10.2 Å². The first-order valence-electron chi connectivity index (χ1n) is 11.0. The van der Waals surface area contributed by atoms with Gasteiger partial charge in [-0.05, 0) is 49.3 Å². The third kappa shape index (κ3) is 6.30. The lowest BCUT2D eigenvalue weighted by Gasteiger charge is -2.35. The zero-order valence-electron chi connectivity index (χ0n) is 18.7. The standard InChI is InChI=1S/C25H34N2O3/c1-17-11-18(2)15-27(14-17)16-22-7-5-21(6-8-22)13-26-25(29)10-9-23-12-24(19(3)28)20(4)30-23/h5-8,12,17-18H,9-11,13-16H2,1-4H3,(H,26,29). The Morgan fingerprint density at radius 1 is 1.10 bits per heavy atom. The fourth-order valence-electron chi connectivity index (χ4n) is 4.48. The van der Waals surface area contributed by atoms with E-state index in [1.165, 1.54) is 32.0 Å². The second-order valence-corrected chi connectivity index (χ2v) is 8.97. The number of nitrogens with one attached hydrogen (secondary N) is 1. The van der Waals surface area contributed by atoms with Gasteiger partial charge >= 0.3 is 0 Å². The highest BCUT2D eigenvalue weighted by molar-refractivity contribution is 5.95. The van der Waals surface area contributed by atoms with Crippen LogP contribution < -0.4 is 5.32 Å². The monoisotopic (exact) mass is 410 g/mol. The molecule has 1 aromatic carbocycles. The topological polar surface area (TPSA) is 62.6 Å². The minimum absolute atomic E-state index is 0.0142. The molecule has 1 N–H and O–H groups in total. The summed E-state index contributed by atoms with van der Waals surface area (Å²) in [6.45, 7) is 11.8. The number of carbonyl (C=O) groups is 2. The summed E-state index contributed by atoms with van der Waals surface area (Å²) in [5, 5.41) is 2.97. The van der Waals surface area contributed by atoms with E-state index in [0.717, 1.165) is 23.9 Å². The molecule has 0 radical (unpaired) electrons. The Morgan fingerprint density at radius 2 is 1.73 bits per heavy atom. The number of benzene rings is 1. The average molecular weight is 411 g/mol. The van der Waals surface area contributed by atoms with Crippen molar-refractivity contribution in [3.05, 3.63) is 58.5 Å². The zero-order valence-corrected chi connectivity index (χ0v) is 18.7. The summed E-state index contributed by atoms with van der Waals surface area (Å²) in [7, 11) is 0. The molecular formula is C25H34N2O3. The number of furan rings is 1. The van der Waals surface area contributed by atoms with Crippen molar-refractivity contribution >= 4 is 11.7 Å². The quantitative estimate of drug-likeness (QED) is 0.650. The van der Waals surface area contributed by atoms with Crippen LogP contribution in [0.1, 0.15) is 66.6 Å². The molecule has 1 fully saturated rings. The predicted molar refractivity (Wildman–Crippen MR) is 118 cm³/mol. The average Bonchev–Trinajstić information content (AvgIpc) is 3.06. The highest BCUT2D eigenvalue weighted by Crippen LogP contribution is 2.22. The van der Waals surface area contributed by atoms with Gasteiger partial charge in [-0.25, -0.2) is 0 Å². The number of piperidine rings is 1. The second-order valence-electron chi connectivity index (χ2n) is 8.97. The van der Waals surface area contributed by atoms with Crippen LogP contribution >= 0.6 is 0 Å². The lowest BCUT2D eigenvalue weighted by Crippen LogP contribution is -2.38. The van der Waals surface area contributed by atoms with Crippen LogP contribution in [0.3, 0.4) is 0 Å². The van der Waals surface area contributed by atoms with Crippen LogP contribution in [0.4, 0.5) is 0 Å². The van der Waals surface area contributed by atoms with E-state index in [-0.39, 0.29) is 11.7 Å². The molecule has 0 spiro atoms. The molecule has 1 amide bonds. The molecule has 3 rings (SSSR count). The second kappa shape index (κ2) is 10.1. The molecule has 5 nitrogen and oxygen atoms in total. The minimum atomic E-state index is -0.0196. The van der Waals surface area contributed by atoms with Crippen molar-refractivity contribution in [2.24, 2.45) is 11.8 Å². The summed E-state index contributed by atoms with van der Waals surface area (Å²) >= 11 is 0. The lowest BCUT2D eigenvalue weighted by atomic mass is 9.91. The largest absolute Gasteiger partial charge is 0.466 e. The number of rotatable bonds is 8. The number of likely N-dealkylation sites (tertiary alicyclic amines) is 1. The summed E-state index contributed by atoms with van der Waals surface area (Å²) in [6, 6.07) is 10.3. The van der Waals surface area contributed by atoms with Crippen molar-refractivity contribution < 1.29 is 14.0 Å². The molecule has 2 aromatic rings.